The maximum atomic E-state index is 12.4. The van der Waals surface area contributed by atoms with Gasteiger partial charge in [0.25, 0.3) is 5.91 Å². The van der Waals surface area contributed by atoms with E-state index in [9.17, 15) is 4.79 Å². The quantitative estimate of drug-likeness (QED) is 0.529. The zero-order chi connectivity index (χ0) is 16.4. The molecule has 1 N–H and O–H groups in total. The summed E-state index contributed by atoms with van der Waals surface area (Å²) in [6, 6.07) is 16.7. The Hall–Kier alpha value is -1.79. The van der Waals surface area contributed by atoms with Gasteiger partial charge >= 0.3 is 0 Å². The number of hydrogen-bond donors (Lipinski definition) is 1. The lowest BCUT2D eigenvalue weighted by atomic mass is 10.1. The van der Waals surface area contributed by atoms with Gasteiger partial charge in [-0.25, -0.2) is 0 Å². The number of aryl methyl sites for hydroxylation is 1. The zero-order valence-corrected chi connectivity index (χ0v) is 15.2. The fourth-order valence-corrected chi connectivity index (χ4v) is 2.68. The van der Waals surface area contributed by atoms with E-state index in [1.807, 2.05) is 36.4 Å². The number of benzene rings is 2. The SMILES string of the molecule is Cc1oc(-c2ccc(Cl)cc2)cc1C(=O)Nc1ccc(I)cc1. The lowest BCUT2D eigenvalue weighted by Crippen LogP contribution is -2.11. The summed E-state index contributed by atoms with van der Waals surface area (Å²) in [6.45, 7) is 1.78. The van der Waals surface area contributed by atoms with Crippen molar-refractivity contribution >= 4 is 45.8 Å². The highest BCUT2D eigenvalue weighted by Crippen LogP contribution is 2.27. The minimum absolute atomic E-state index is 0.187. The molecular formula is C18H13ClINO2. The van der Waals surface area contributed by atoms with Crippen LogP contribution in [0.25, 0.3) is 11.3 Å². The third-order valence-electron chi connectivity index (χ3n) is 3.39. The van der Waals surface area contributed by atoms with E-state index in [0.717, 1.165) is 14.8 Å². The van der Waals surface area contributed by atoms with Gasteiger partial charge in [0.15, 0.2) is 0 Å². The van der Waals surface area contributed by atoms with Gasteiger partial charge in [0, 0.05) is 19.8 Å². The highest BCUT2D eigenvalue weighted by atomic mass is 127. The number of halogens is 2. The number of amides is 1. The van der Waals surface area contributed by atoms with E-state index in [4.69, 9.17) is 16.0 Å². The molecule has 2 aromatic carbocycles. The second kappa shape index (κ2) is 6.76. The van der Waals surface area contributed by atoms with Crippen LogP contribution in [0.3, 0.4) is 0 Å². The van der Waals surface area contributed by atoms with Crippen LogP contribution in [-0.2, 0) is 0 Å². The molecule has 0 bridgehead atoms. The summed E-state index contributed by atoms with van der Waals surface area (Å²) < 4.78 is 6.83. The van der Waals surface area contributed by atoms with Crippen molar-refractivity contribution < 1.29 is 9.21 Å². The number of carbonyl (C=O) groups is 1. The third kappa shape index (κ3) is 3.76. The first-order valence-electron chi connectivity index (χ1n) is 6.96. The first-order chi connectivity index (χ1) is 11.0. The van der Waals surface area contributed by atoms with Gasteiger partial charge in [0.05, 0.1) is 5.56 Å². The number of nitrogens with one attached hydrogen (secondary N) is 1. The Bertz CT molecular complexity index is 838. The first-order valence-corrected chi connectivity index (χ1v) is 8.42. The largest absolute Gasteiger partial charge is 0.461 e. The molecule has 1 heterocycles. The number of furan rings is 1. The monoisotopic (exact) mass is 437 g/mol. The maximum absolute atomic E-state index is 12.4. The van der Waals surface area contributed by atoms with E-state index in [1.165, 1.54) is 0 Å². The second-order valence-electron chi connectivity index (χ2n) is 5.05. The fourth-order valence-electron chi connectivity index (χ4n) is 2.20. The number of anilines is 1. The Morgan fingerprint density at radius 3 is 2.39 bits per heavy atom. The normalized spacial score (nSPS) is 10.6. The molecule has 0 radical (unpaired) electrons. The van der Waals surface area contributed by atoms with Crippen molar-refractivity contribution in [1.82, 2.24) is 0 Å². The molecule has 0 aliphatic carbocycles. The zero-order valence-electron chi connectivity index (χ0n) is 12.3. The summed E-state index contributed by atoms with van der Waals surface area (Å²) in [6.07, 6.45) is 0. The van der Waals surface area contributed by atoms with Crippen LogP contribution in [0.1, 0.15) is 16.1 Å². The summed E-state index contributed by atoms with van der Waals surface area (Å²) in [7, 11) is 0. The predicted molar refractivity (Wildman–Crippen MR) is 101 cm³/mol. The van der Waals surface area contributed by atoms with E-state index < -0.39 is 0 Å². The van der Waals surface area contributed by atoms with E-state index in [2.05, 4.69) is 27.9 Å². The maximum Gasteiger partial charge on any atom is 0.259 e. The number of carbonyl (C=O) groups excluding carboxylic acids is 1. The van der Waals surface area contributed by atoms with E-state index in [1.54, 1.807) is 25.1 Å². The molecule has 1 aromatic heterocycles. The average molecular weight is 438 g/mol. The third-order valence-corrected chi connectivity index (χ3v) is 4.36. The van der Waals surface area contributed by atoms with Gasteiger partial charge in [-0.1, -0.05) is 11.6 Å². The van der Waals surface area contributed by atoms with Gasteiger partial charge in [-0.2, -0.15) is 0 Å². The molecule has 3 nitrogen and oxygen atoms in total. The molecule has 3 rings (SSSR count). The summed E-state index contributed by atoms with van der Waals surface area (Å²) in [4.78, 5) is 12.4. The summed E-state index contributed by atoms with van der Waals surface area (Å²) in [5.74, 6) is 1.04. The Morgan fingerprint density at radius 2 is 1.74 bits per heavy atom. The van der Waals surface area contributed by atoms with Gasteiger partial charge in [-0.3, -0.25) is 4.79 Å². The van der Waals surface area contributed by atoms with Crippen molar-refractivity contribution in [3.05, 3.63) is 74.5 Å². The molecule has 5 heteroatoms. The number of rotatable bonds is 3. The van der Waals surface area contributed by atoms with Crippen LogP contribution in [0.4, 0.5) is 5.69 Å². The van der Waals surface area contributed by atoms with Crippen molar-refractivity contribution in [3.63, 3.8) is 0 Å². The lowest BCUT2D eigenvalue weighted by Gasteiger charge is -2.03. The standard InChI is InChI=1S/C18H13ClINO2/c1-11-16(18(22)21-15-8-6-14(20)7-9-15)10-17(23-11)12-2-4-13(19)5-3-12/h2-10H,1H3,(H,21,22). The van der Waals surface area contributed by atoms with Crippen molar-refractivity contribution in [2.45, 2.75) is 6.92 Å². The second-order valence-corrected chi connectivity index (χ2v) is 6.73. The Kier molecular flexibility index (Phi) is 4.73. The van der Waals surface area contributed by atoms with Crippen LogP contribution in [0.5, 0.6) is 0 Å². The van der Waals surface area contributed by atoms with Crippen LogP contribution < -0.4 is 5.32 Å². The summed E-state index contributed by atoms with van der Waals surface area (Å²) in [5.41, 5.74) is 2.16. The molecule has 23 heavy (non-hydrogen) atoms. The molecule has 1 amide bonds. The molecule has 0 saturated heterocycles. The van der Waals surface area contributed by atoms with Crippen molar-refractivity contribution in [2.24, 2.45) is 0 Å². The minimum atomic E-state index is -0.187. The molecular weight excluding hydrogens is 425 g/mol. The molecule has 0 spiro atoms. The first kappa shape index (κ1) is 16.1. The lowest BCUT2D eigenvalue weighted by molar-refractivity contribution is 0.102. The topological polar surface area (TPSA) is 42.2 Å². The molecule has 0 atom stereocenters. The van der Waals surface area contributed by atoms with E-state index >= 15 is 0 Å². The average Bonchev–Trinajstić information content (AvgIpc) is 2.92. The molecule has 0 saturated carbocycles. The van der Waals surface area contributed by atoms with Crippen LogP contribution in [0, 0.1) is 10.5 Å². The highest BCUT2D eigenvalue weighted by Gasteiger charge is 2.16. The molecule has 0 unspecified atom stereocenters. The van der Waals surface area contributed by atoms with Gasteiger partial charge in [0.1, 0.15) is 11.5 Å². The molecule has 0 aliphatic rings. The minimum Gasteiger partial charge on any atom is -0.461 e. The summed E-state index contributed by atoms with van der Waals surface area (Å²) >= 11 is 8.11. The molecule has 116 valence electrons. The smallest absolute Gasteiger partial charge is 0.259 e. The molecule has 0 aliphatic heterocycles. The van der Waals surface area contributed by atoms with Crippen LogP contribution in [0.15, 0.2) is 59.0 Å². The van der Waals surface area contributed by atoms with Gasteiger partial charge in [-0.05, 0) is 84.1 Å². The number of hydrogen-bond acceptors (Lipinski definition) is 2. The Balaban J connectivity index is 1.84. The van der Waals surface area contributed by atoms with Gasteiger partial charge in [0.2, 0.25) is 0 Å². The van der Waals surface area contributed by atoms with E-state index in [0.29, 0.717) is 22.1 Å². The fraction of sp³-hybridized carbons (Fsp3) is 0.0556. The summed E-state index contributed by atoms with van der Waals surface area (Å²) in [5, 5.41) is 3.54. The van der Waals surface area contributed by atoms with Gasteiger partial charge in [-0.15, -0.1) is 0 Å². The highest BCUT2D eigenvalue weighted by molar-refractivity contribution is 14.1. The molecule has 0 fully saturated rings. The van der Waals surface area contributed by atoms with Crippen molar-refractivity contribution in [2.75, 3.05) is 5.32 Å². The molecule has 3 aromatic rings. The van der Waals surface area contributed by atoms with Gasteiger partial charge < -0.3 is 9.73 Å². The van der Waals surface area contributed by atoms with Crippen molar-refractivity contribution in [3.8, 4) is 11.3 Å². The Morgan fingerprint density at radius 1 is 1.09 bits per heavy atom. The van der Waals surface area contributed by atoms with Crippen LogP contribution in [0.2, 0.25) is 5.02 Å². The predicted octanol–water partition coefficient (Wildman–Crippen LogP) is 5.77. The van der Waals surface area contributed by atoms with Crippen LogP contribution in [-0.4, -0.2) is 5.91 Å². The van der Waals surface area contributed by atoms with E-state index in [-0.39, 0.29) is 5.91 Å². The Labute approximate surface area is 152 Å². The van der Waals surface area contributed by atoms with Crippen LogP contribution >= 0.6 is 34.2 Å². The van der Waals surface area contributed by atoms with Crippen molar-refractivity contribution in [1.29, 1.82) is 0 Å².